The largest absolute Gasteiger partial charge is 0.443 e. The number of carbonyl (C=O) groups is 1. The number of amides is 1. The minimum Gasteiger partial charge on any atom is -0.443 e. The van der Waals surface area contributed by atoms with E-state index in [1.807, 2.05) is 26.8 Å². The topological polar surface area (TPSA) is 88.3 Å². The molecule has 0 spiro atoms. The smallest absolute Gasteiger partial charge is 0.414 e. The van der Waals surface area contributed by atoms with Crippen molar-refractivity contribution < 1.29 is 14.0 Å². The van der Waals surface area contributed by atoms with Gasteiger partial charge in [-0.2, -0.15) is 5.26 Å². The Morgan fingerprint density at radius 1 is 1.26 bits per heavy atom. The summed E-state index contributed by atoms with van der Waals surface area (Å²) in [6.45, 7) is 19.3. The number of anilines is 1. The summed E-state index contributed by atoms with van der Waals surface area (Å²) in [7, 11) is -2.07. The molecule has 35 heavy (non-hydrogen) atoms. The first-order valence-electron chi connectivity index (χ1n) is 11.7. The van der Waals surface area contributed by atoms with Crippen LogP contribution in [0.2, 0.25) is 23.4 Å². The fourth-order valence-corrected chi connectivity index (χ4v) is 5.04. The number of halogens is 1. The zero-order valence-corrected chi connectivity index (χ0v) is 23.9. The number of nitrogens with zero attached hydrogens (tertiary/aromatic N) is 4. The number of hydrogen-bond acceptors (Lipinski definition) is 6. The molecule has 1 aromatic heterocycles. The number of rotatable bonds is 4. The van der Waals surface area contributed by atoms with Gasteiger partial charge in [0.2, 0.25) is 5.28 Å². The predicted molar refractivity (Wildman–Crippen MR) is 141 cm³/mol. The lowest BCUT2D eigenvalue weighted by Gasteiger charge is -2.39. The third-order valence-electron chi connectivity index (χ3n) is 6.75. The highest BCUT2D eigenvalue weighted by Gasteiger charge is 2.47. The van der Waals surface area contributed by atoms with Crippen LogP contribution >= 0.6 is 11.6 Å². The summed E-state index contributed by atoms with van der Waals surface area (Å²) in [6, 6.07) is 7.74. The minimum atomic E-state index is -2.07. The number of fused-ring (bicyclic) bond motifs is 1. The summed E-state index contributed by atoms with van der Waals surface area (Å²) >= 11 is 6.04. The molecule has 0 N–H and O–H groups in total. The lowest BCUT2D eigenvalue weighted by Crippen LogP contribution is -2.46. The van der Waals surface area contributed by atoms with Gasteiger partial charge < -0.3 is 9.16 Å². The summed E-state index contributed by atoms with van der Waals surface area (Å²) in [5, 5.41) is 10.2. The molecule has 2 heterocycles. The SMILES string of the molecule is CC(C)(C)OC(=O)N1CC(C)(CO[Si](C)(C)C(C)(C)C)c2cc(-c3ccnc(Cl)n3)cc(C#N)c21. The van der Waals surface area contributed by atoms with E-state index < -0.39 is 25.4 Å². The molecule has 188 valence electrons. The van der Waals surface area contributed by atoms with Gasteiger partial charge in [-0.25, -0.2) is 14.8 Å². The van der Waals surface area contributed by atoms with Crippen LogP contribution in [0.15, 0.2) is 24.4 Å². The Morgan fingerprint density at radius 2 is 1.91 bits per heavy atom. The third-order valence-corrected chi connectivity index (χ3v) is 11.4. The van der Waals surface area contributed by atoms with Gasteiger partial charge in [0.25, 0.3) is 0 Å². The first kappa shape index (κ1) is 27.1. The second kappa shape index (κ2) is 9.19. The van der Waals surface area contributed by atoms with Crippen molar-refractivity contribution in [2.75, 3.05) is 18.1 Å². The Morgan fingerprint density at radius 3 is 2.46 bits per heavy atom. The van der Waals surface area contributed by atoms with Crippen LogP contribution in [0.4, 0.5) is 10.5 Å². The average molecular weight is 515 g/mol. The third kappa shape index (κ3) is 5.69. The molecule has 9 heteroatoms. The van der Waals surface area contributed by atoms with Crippen LogP contribution in [0.3, 0.4) is 0 Å². The fourth-order valence-electron chi connectivity index (χ4n) is 3.78. The summed E-state index contributed by atoms with van der Waals surface area (Å²) in [5.74, 6) is 0. The molecule has 1 amide bonds. The molecule has 1 unspecified atom stereocenters. The van der Waals surface area contributed by atoms with Gasteiger partial charge in [-0.3, -0.25) is 4.90 Å². The summed E-state index contributed by atoms with van der Waals surface area (Å²) in [4.78, 5) is 23.1. The van der Waals surface area contributed by atoms with Crippen molar-refractivity contribution in [1.82, 2.24) is 9.97 Å². The van der Waals surface area contributed by atoms with E-state index in [0.29, 0.717) is 30.1 Å². The van der Waals surface area contributed by atoms with Gasteiger partial charge >= 0.3 is 6.09 Å². The van der Waals surface area contributed by atoms with E-state index in [1.54, 1.807) is 23.2 Å². The number of carbonyl (C=O) groups excluding carboxylic acids is 1. The van der Waals surface area contributed by atoms with Gasteiger partial charge in [-0.15, -0.1) is 0 Å². The van der Waals surface area contributed by atoms with Crippen LogP contribution in [0.25, 0.3) is 11.3 Å². The number of nitriles is 1. The molecule has 1 aliphatic heterocycles. The maximum absolute atomic E-state index is 13.3. The van der Waals surface area contributed by atoms with E-state index in [4.69, 9.17) is 20.8 Å². The van der Waals surface area contributed by atoms with Crippen LogP contribution in [0.5, 0.6) is 0 Å². The van der Waals surface area contributed by atoms with E-state index in [9.17, 15) is 10.1 Å². The molecule has 0 aliphatic carbocycles. The molecule has 1 atom stereocenters. The van der Waals surface area contributed by atoms with Gasteiger partial charge in [0, 0.05) is 30.3 Å². The van der Waals surface area contributed by atoms with Crippen molar-refractivity contribution in [2.45, 2.75) is 77.6 Å². The first-order chi connectivity index (χ1) is 16.0. The van der Waals surface area contributed by atoms with Gasteiger partial charge in [-0.05, 0) is 74.3 Å². The second-order valence-corrected chi connectivity index (χ2v) is 17.1. The lowest BCUT2D eigenvalue weighted by atomic mass is 9.83. The second-order valence-electron chi connectivity index (χ2n) is 11.9. The minimum absolute atomic E-state index is 0.0347. The zero-order chi connectivity index (χ0) is 26.4. The summed E-state index contributed by atoms with van der Waals surface area (Å²) < 4.78 is 12.3. The number of aromatic nitrogens is 2. The van der Waals surface area contributed by atoms with E-state index in [-0.39, 0.29) is 10.3 Å². The van der Waals surface area contributed by atoms with E-state index in [0.717, 1.165) is 11.1 Å². The zero-order valence-electron chi connectivity index (χ0n) is 22.1. The van der Waals surface area contributed by atoms with Crippen molar-refractivity contribution in [2.24, 2.45) is 0 Å². The Balaban J connectivity index is 2.15. The van der Waals surface area contributed by atoms with Crippen LogP contribution in [0, 0.1) is 11.3 Å². The molecule has 0 fully saturated rings. The maximum Gasteiger partial charge on any atom is 0.414 e. The highest BCUT2D eigenvalue weighted by atomic mass is 35.5. The molecule has 0 saturated heterocycles. The number of hydrogen-bond donors (Lipinski definition) is 0. The molecule has 1 aliphatic rings. The highest BCUT2D eigenvalue weighted by molar-refractivity contribution is 6.74. The quantitative estimate of drug-likeness (QED) is 0.333. The van der Waals surface area contributed by atoms with Crippen molar-refractivity contribution in [3.8, 4) is 17.3 Å². The summed E-state index contributed by atoms with van der Waals surface area (Å²) in [6.07, 6.45) is 1.10. The molecular weight excluding hydrogens is 480 g/mol. The molecule has 0 bridgehead atoms. The number of benzene rings is 1. The number of ether oxygens (including phenoxy) is 1. The molecular formula is C26H35ClN4O3Si. The molecule has 1 aromatic carbocycles. The Hall–Kier alpha value is -2.47. The Kier molecular flexibility index (Phi) is 7.12. The fraction of sp³-hybridized carbons (Fsp3) is 0.538. The lowest BCUT2D eigenvalue weighted by molar-refractivity contribution is 0.0575. The normalized spacial score (nSPS) is 18.3. The highest BCUT2D eigenvalue weighted by Crippen LogP contribution is 2.47. The predicted octanol–water partition coefficient (Wildman–Crippen LogP) is 6.70. The molecule has 0 radical (unpaired) electrons. The van der Waals surface area contributed by atoms with Crippen LogP contribution < -0.4 is 4.90 Å². The average Bonchev–Trinajstić information content (AvgIpc) is 3.03. The first-order valence-corrected chi connectivity index (χ1v) is 15.0. The van der Waals surface area contributed by atoms with Gasteiger partial charge in [0.05, 0.1) is 16.9 Å². The maximum atomic E-state index is 13.3. The molecule has 3 rings (SSSR count). The van der Waals surface area contributed by atoms with E-state index in [2.05, 4.69) is 56.8 Å². The van der Waals surface area contributed by atoms with Crippen molar-refractivity contribution in [3.05, 3.63) is 40.8 Å². The van der Waals surface area contributed by atoms with Crippen LogP contribution in [-0.2, 0) is 14.6 Å². The monoisotopic (exact) mass is 514 g/mol. The van der Waals surface area contributed by atoms with Crippen molar-refractivity contribution in [1.29, 1.82) is 5.26 Å². The van der Waals surface area contributed by atoms with Crippen molar-refractivity contribution >= 4 is 31.7 Å². The van der Waals surface area contributed by atoms with Gasteiger partial charge in [0.15, 0.2) is 8.32 Å². The molecule has 0 saturated carbocycles. The van der Waals surface area contributed by atoms with Crippen LogP contribution in [0.1, 0.15) is 59.6 Å². The molecule has 2 aromatic rings. The van der Waals surface area contributed by atoms with Gasteiger partial charge in [0.1, 0.15) is 11.7 Å². The van der Waals surface area contributed by atoms with E-state index in [1.165, 1.54) is 0 Å². The van der Waals surface area contributed by atoms with E-state index >= 15 is 0 Å². The Labute approximate surface area is 214 Å². The van der Waals surface area contributed by atoms with Crippen molar-refractivity contribution in [3.63, 3.8) is 0 Å². The van der Waals surface area contributed by atoms with Gasteiger partial charge in [-0.1, -0.05) is 27.7 Å². The van der Waals surface area contributed by atoms with Crippen LogP contribution in [-0.4, -0.2) is 43.1 Å². The standard InChI is InChI=1S/C26H35ClN4O3Si/c1-24(2,3)34-23(32)31-15-26(7,16-33-35(8,9)25(4,5)6)19-13-17(12-18(14-28)21(19)31)20-10-11-29-22(27)30-20/h10-13H,15-16H2,1-9H3. The summed E-state index contributed by atoms with van der Waals surface area (Å²) in [5.41, 5.74) is 1.90. The molecule has 7 nitrogen and oxygen atoms in total. The Bertz CT molecular complexity index is 1180.